The highest BCUT2D eigenvalue weighted by Crippen LogP contribution is 2.31. The summed E-state index contributed by atoms with van der Waals surface area (Å²) in [4.78, 5) is 22.9. The summed E-state index contributed by atoms with van der Waals surface area (Å²) in [6, 6.07) is 4.77. The predicted octanol–water partition coefficient (Wildman–Crippen LogP) is 2.85. The lowest BCUT2D eigenvalue weighted by molar-refractivity contribution is 0.235. The summed E-state index contributed by atoms with van der Waals surface area (Å²) in [5.41, 5.74) is 1.10. The molecular weight excluding hydrogens is 480 g/mol. The number of sulfonamides is 1. The molecule has 0 amide bonds. The van der Waals surface area contributed by atoms with Gasteiger partial charge in [0.1, 0.15) is 11.6 Å². The number of nitrogens with one attached hydrogen (secondary N) is 1. The molecule has 10 nitrogen and oxygen atoms in total. The number of nitrogens with zero attached hydrogens (tertiary/aromatic N) is 5. The first-order chi connectivity index (χ1) is 17.3. The molecule has 1 fully saturated rings. The van der Waals surface area contributed by atoms with E-state index in [-0.39, 0.29) is 16.3 Å². The van der Waals surface area contributed by atoms with Crippen LogP contribution in [0.3, 0.4) is 0 Å². The molecule has 11 heteroatoms. The van der Waals surface area contributed by atoms with E-state index in [0.717, 1.165) is 38.9 Å². The average molecular weight is 517 g/mol. The van der Waals surface area contributed by atoms with E-state index in [2.05, 4.69) is 26.9 Å². The Morgan fingerprint density at radius 3 is 2.44 bits per heavy atom. The number of rotatable bonds is 8. The van der Waals surface area contributed by atoms with Gasteiger partial charge < -0.3 is 14.6 Å². The molecule has 36 heavy (non-hydrogen) atoms. The SMILES string of the molecule is CCCc1nc(C)c2c(=O)[nH]c(-c3cc(S(=O)(=O)N4CCCN(CC)CCC4)ccc3OCC)nn12. The Morgan fingerprint density at radius 2 is 1.81 bits per heavy atom. The number of ether oxygens (including phenoxy) is 1. The highest BCUT2D eigenvalue weighted by molar-refractivity contribution is 7.89. The first-order valence-electron chi connectivity index (χ1n) is 12.8. The van der Waals surface area contributed by atoms with Gasteiger partial charge in [-0.25, -0.2) is 17.9 Å². The molecule has 0 radical (unpaired) electrons. The smallest absolute Gasteiger partial charge is 0.277 e. The summed E-state index contributed by atoms with van der Waals surface area (Å²) >= 11 is 0. The molecule has 1 aliphatic heterocycles. The largest absolute Gasteiger partial charge is 0.493 e. The minimum atomic E-state index is -3.73. The van der Waals surface area contributed by atoms with Crippen molar-refractivity contribution in [2.24, 2.45) is 0 Å². The normalized spacial score (nSPS) is 16.2. The Bertz CT molecular complexity index is 1370. The molecule has 0 atom stereocenters. The number of fused-ring (bicyclic) bond motifs is 1. The van der Waals surface area contributed by atoms with Gasteiger partial charge in [0.05, 0.1) is 22.8 Å². The Morgan fingerprint density at radius 1 is 1.08 bits per heavy atom. The second-order valence-corrected chi connectivity index (χ2v) is 11.0. The van der Waals surface area contributed by atoms with Crippen LogP contribution in [0.1, 0.15) is 51.6 Å². The highest BCUT2D eigenvalue weighted by atomic mass is 32.2. The fourth-order valence-electron chi connectivity index (χ4n) is 4.75. The number of aryl methyl sites for hydroxylation is 2. The second-order valence-electron chi connectivity index (χ2n) is 9.06. The van der Waals surface area contributed by atoms with Crippen LogP contribution in [0.5, 0.6) is 5.75 Å². The van der Waals surface area contributed by atoms with Crippen molar-refractivity contribution in [3.63, 3.8) is 0 Å². The number of H-pyrrole nitrogens is 1. The van der Waals surface area contributed by atoms with E-state index in [1.807, 2.05) is 13.8 Å². The van der Waals surface area contributed by atoms with Gasteiger partial charge >= 0.3 is 0 Å². The van der Waals surface area contributed by atoms with Crippen LogP contribution in [-0.2, 0) is 16.4 Å². The maximum absolute atomic E-state index is 13.6. The van der Waals surface area contributed by atoms with Crippen LogP contribution < -0.4 is 10.3 Å². The topological polar surface area (TPSA) is 113 Å². The molecule has 0 bridgehead atoms. The minimum absolute atomic E-state index is 0.159. The summed E-state index contributed by atoms with van der Waals surface area (Å²) in [5, 5.41) is 4.67. The lowest BCUT2D eigenvalue weighted by atomic mass is 10.2. The van der Waals surface area contributed by atoms with Crippen LogP contribution in [-0.4, -0.2) is 76.5 Å². The molecule has 3 heterocycles. The maximum Gasteiger partial charge on any atom is 0.277 e. The van der Waals surface area contributed by atoms with Gasteiger partial charge in [-0.05, 0) is 70.9 Å². The van der Waals surface area contributed by atoms with Crippen molar-refractivity contribution in [3.05, 3.63) is 40.1 Å². The molecule has 4 rings (SSSR count). The third-order valence-electron chi connectivity index (χ3n) is 6.57. The van der Waals surface area contributed by atoms with E-state index in [4.69, 9.17) is 4.74 Å². The number of benzene rings is 1. The third kappa shape index (κ3) is 5.18. The second kappa shape index (κ2) is 11.1. The lowest BCUT2D eigenvalue weighted by Gasteiger charge is -2.29. The number of imidazole rings is 1. The number of aromatic nitrogens is 4. The summed E-state index contributed by atoms with van der Waals surface area (Å²) < 4.78 is 36.2. The number of hydrogen-bond acceptors (Lipinski definition) is 7. The van der Waals surface area contributed by atoms with Crippen molar-refractivity contribution >= 4 is 15.5 Å². The molecule has 1 N–H and O–H groups in total. The van der Waals surface area contributed by atoms with Gasteiger partial charge in [0.25, 0.3) is 5.56 Å². The Kier molecular flexibility index (Phi) is 8.11. The van der Waals surface area contributed by atoms with Gasteiger partial charge in [0.2, 0.25) is 10.0 Å². The van der Waals surface area contributed by atoms with Crippen LogP contribution >= 0.6 is 0 Å². The first-order valence-corrected chi connectivity index (χ1v) is 14.2. The molecule has 1 saturated heterocycles. The van der Waals surface area contributed by atoms with Crippen molar-refractivity contribution in [1.29, 1.82) is 0 Å². The first kappa shape index (κ1) is 26.3. The Labute approximate surface area is 212 Å². The third-order valence-corrected chi connectivity index (χ3v) is 8.47. The fourth-order valence-corrected chi connectivity index (χ4v) is 6.29. The van der Waals surface area contributed by atoms with E-state index < -0.39 is 10.0 Å². The Hall–Kier alpha value is -2.76. The molecular formula is C25H36N6O4S. The van der Waals surface area contributed by atoms with Crippen LogP contribution in [0.15, 0.2) is 27.9 Å². The minimum Gasteiger partial charge on any atom is -0.493 e. The van der Waals surface area contributed by atoms with Crippen molar-refractivity contribution in [2.45, 2.75) is 58.3 Å². The van der Waals surface area contributed by atoms with Crippen LogP contribution in [0.4, 0.5) is 0 Å². The highest BCUT2D eigenvalue weighted by Gasteiger charge is 2.27. The maximum atomic E-state index is 13.6. The number of aromatic amines is 1. The Balaban J connectivity index is 1.78. The monoisotopic (exact) mass is 516 g/mol. The van der Waals surface area contributed by atoms with Gasteiger partial charge in [-0.2, -0.15) is 4.31 Å². The summed E-state index contributed by atoms with van der Waals surface area (Å²) in [7, 11) is -3.73. The molecule has 0 saturated carbocycles. The lowest BCUT2D eigenvalue weighted by Crippen LogP contribution is -2.39. The standard InChI is InChI=1S/C25H36N6O4S/c1-5-10-22-26-18(4)23-25(32)27-24(28-31(22)23)20-17-19(11-12-21(20)35-7-3)36(33,34)30-15-8-13-29(6-2)14-9-16-30/h11-12,17H,5-10,13-16H2,1-4H3,(H,27,28,32). The zero-order valence-corrected chi connectivity index (χ0v) is 22.4. The van der Waals surface area contributed by atoms with Gasteiger partial charge in [-0.1, -0.05) is 13.8 Å². The molecule has 0 aliphatic carbocycles. The quantitative estimate of drug-likeness (QED) is 0.490. The van der Waals surface area contributed by atoms with E-state index in [1.165, 1.54) is 0 Å². The van der Waals surface area contributed by atoms with Crippen LogP contribution in [0, 0.1) is 6.92 Å². The van der Waals surface area contributed by atoms with Gasteiger partial charge in [-0.3, -0.25) is 4.79 Å². The fraction of sp³-hybridized carbons (Fsp3) is 0.560. The molecule has 0 spiro atoms. The van der Waals surface area contributed by atoms with Crippen molar-refractivity contribution in [3.8, 4) is 17.1 Å². The molecule has 196 valence electrons. The van der Waals surface area contributed by atoms with E-state index in [0.29, 0.717) is 54.5 Å². The summed E-state index contributed by atoms with van der Waals surface area (Å²) in [6.45, 7) is 11.9. The van der Waals surface area contributed by atoms with E-state index in [9.17, 15) is 13.2 Å². The van der Waals surface area contributed by atoms with Gasteiger partial charge in [0.15, 0.2) is 11.3 Å². The molecule has 2 aromatic heterocycles. The van der Waals surface area contributed by atoms with Gasteiger partial charge in [0, 0.05) is 19.5 Å². The zero-order chi connectivity index (χ0) is 25.9. The van der Waals surface area contributed by atoms with Crippen LogP contribution in [0.2, 0.25) is 0 Å². The zero-order valence-electron chi connectivity index (χ0n) is 21.6. The van der Waals surface area contributed by atoms with E-state index in [1.54, 1.807) is 33.9 Å². The molecule has 0 unspecified atom stereocenters. The van der Waals surface area contributed by atoms with Gasteiger partial charge in [-0.15, -0.1) is 5.10 Å². The number of hydrogen-bond donors (Lipinski definition) is 1. The van der Waals surface area contributed by atoms with E-state index >= 15 is 0 Å². The molecule has 1 aliphatic rings. The average Bonchev–Trinajstić information content (AvgIpc) is 3.15. The summed E-state index contributed by atoms with van der Waals surface area (Å²) in [6.07, 6.45) is 3.08. The van der Waals surface area contributed by atoms with Crippen molar-refractivity contribution in [1.82, 2.24) is 28.8 Å². The summed E-state index contributed by atoms with van der Waals surface area (Å²) in [5.74, 6) is 1.40. The van der Waals surface area contributed by atoms with Crippen LogP contribution in [0.25, 0.3) is 16.9 Å². The van der Waals surface area contributed by atoms with Crippen molar-refractivity contribution in [2.75, 3.05) is 39.3 Å². The molecule has 1 aromatic carbocycles. The predicted molar refractivity (Wildman–Crippen MR) is 139 cm³/mol. The molecule has 3 aromatic rings. The van der Waals surface area contributed by atoms with Crippen molar-refractivity contribution < 1.29 is 13.2 Å².